The minimum Gasteiger partial charge on any atom is -0.464 e. The lowest BCUT2D eigenvalue weighted by Crippen LogP contribution is -2.33. The zero-order valence-corrected chi connectivity index (χ0v) is 16.2. The van der Waals surface area contributed by atoms with Crippen molar-refractivity contribution in [2.75, 3.05) is 0 Å². The molecule has 2 aliphatic rings. The van der Waals surface area contributed by atoms with Gasteiger partial charge in [-0.3, -0.25) is 0 Å². The Kier molecular flexibility index (Phi) is 4.26. The van der Waals surface area contributed by atoms with E-state index in [1.165, 1.54) is 12.1 Å². The van der Waals surface area contributed by atoms with Crippen LogP contribution in [0.1, 0.15) is 35.4 Å². The van der Waals surface area contributed by atoms with Gasteiger partial charge in [-0.05, 0) is 35.9 Å². The van der Waals surface area contributed by atoms with Crippen molar-refractivity contribution in [3.8, 4) is 5.75 Å². The molecule has 6 heteroatoms. The molecule has 2 atom stereocenters. The number of hydrogen-bond acceptors (Lipinski definition) is 3. The maximum absolute atomic E-state index is 13.3. The van der Waals surface area contributed by atoms with E-state index in [4.69, 9.17) is 33.0 Å². The second-order valence-corrected chi connectivity index (χ2v) is 7.67. The molecule has 2 heterocycles. The molecule has 3 aromatic rings. The van der Waals surface area contributed by atoms with E-state index in [1.54, 1.807) is 24.3 Å². The van der Waals surface area contributed by atoms with Crippen molar-refractivity contribution in [2.45, 2.75) is 18.7 Å². The lowest BCUT2D eigenvalue weighted by atomic mass is 9.96. The van der Waals surface area contributed by atoms with E-state index in [0.717, 1.165) is 28.2 Å². The third kappa shape index (κ3) is 2.93. The van der Waals surface area contributed by atoms with Gasteiger partial charge in [-0.2, -0.15) is 5.10 Å². The topological polar surface area (TPSA) is 24.8 Å². The summed E-state index contributed by atoms with van der Waals surface area (Å²) in [7, 11) is 0. The Balaban J connectivity index is 1.61. The number of para-hydroxylation sites is 1. The van der Waals surface area contributed by atoms with Crippen LogP contribution in [-0.4, -0.2) is 10.7 Å². The summed E-state index contributed by atoms with van der Waals surface area (Å²) in [5, 5.41) is 7.88. The number of hydrazone groups is 1. The quantitative estimate of drug-likeness (QED) is 0.487. The highest BCUT2D eigenvalue weighted by atomic mass is 35.5. The van der Waals surface area contributed by atoms with Gasteiger partial charge in [0.15, 0.2) is 0 Å². The Morgan fingerprint density at radius 3 is 2.54 bits per heavy atom. The molecule has 0 unspecified atom stereocenters. The average Bonchev–Trinajstić information content (AvgIpc) is 3.14. The predicted octanol–water partition coefficient (Wildman–Crippen LogP) is 6.37. The number of hydrogen-bond donors (Lipinski definition) is 0. The van der Waals surface area contributed by atoms with Crippen molar-refractivity contribution >= 4 is 28.9 Å². The first kappa shape index (κ1) is 17.5. The number of rotatable bonds is 2. The summed E-state index contributed by atoms with van der Waals surface area (Å²) in [6.07, 6.45) is 0.232. The fourth-order valence-corrected chi connectivity index (χ4v) is 4.26. The fourth-order valence-electron chi connectivity index (χ4n) is 3.76. The number of ether oxygens (including phenoxy) is 1. The SMILES string of the molecule is Fc1ccc(C2=NN3[C@@H](c4ccc(Cl)cc4Cl)Oc4ccccc4[C@@H]3C2)cc1. The molecule has 0 radical (unpaired) electrons. The second kappa shape index (κ2) is 6.80. The molecule has 28 heavy (non-hydrogen) atoms. The van der Waals surface area contributed by atoms with E-state index in [0.29, 0.717) is 16.5 Å². The van der Waals surface area contributed by atoms with Crippen LogP contribution in [0.4, 0.5) is 4.39 Å². The molecule has 5 rings (SSSR count). The van der Waals surface area contributed by atoms with Crippen LogP contribution in [0.15, 0.2) is 71.8 Å². The summed E-state index contributed by atoms with van der Waals surface area (Å²) in [6.45, 7) is 0. The first-order valence-electron chi connectivity index (χ1n) is 8.92. The molecule has 0 fully saturated rings. The number of benzene rings is 3. The first-order valence-corrected chi connectivity index (χ1v) is 9.68. The lowest BCUT2D eigenvalue weighted by molar-refractivity contribution is -0.0189. The fraction of sp³-hybridized carbons (Fsp3) is 0.136. The Bertz CT molecular complexity index is 1080. The van der Waals surface area contributed by atoms with E-state index in [2.05, 4.69) is 6.07 Å². The molecule has 3 nitrogen and oxygen atoms in total. The van der Waals surface area contributed by atoms with Gasteiger partial charge in [0.25, 0.3) is 0 Å². The van der Waals surface area contributed by atoms with Crippen LogP contribution in [0.3, 0.4) is 0 Å². The Morgan fingerprint density at radius 1 is 0.964 bits per heavy atom. The Hall–Kier alpha value is -2.56. The average molecular weight is 413 g/mol. The van der Waals surface area contributed by atoms with Gasteiger partial charge >= 0.3 is 0 Å². The smallest absolute Gasteiger partial charge is 0.215 e. The minimum absolute atomic E-state index is 0.0155. The molecule has 3 aromatic carbocycles. The lowest BCUT2D eigenvalue weighted by Gasteiger charge is -2.38. The molecule has 0 saturated heterocycles. The van der Waals surface area contributed by atoms with Gasteiger partial charge in [-0.25, -0.2) is 9.40 Å². The van der Waals surface area contributed by atoms with Crippen molar-refractivity contribution in [3.05, 3.63) is 99.3 Å². The van der Waals surface area contributed by atoms with Crippen LogP contribution in [0, 0.1) is 5.82 Å². The van der Waals surface area contributed by atoms with Gasteiger partial charge < -0.3 is 4.74 Å². The maximum Gasteiger partial charge on any atom is 0.215 e. The predicted molar refractivity (Wildman–Crippen MR) is 108 cm³/mol. The first-order chi connectivity index (χ1) is 13.6. The molecule has 0 amide bonds. The van der Waals surface area contributed by atoms with Crippen molar-refractivity contribution in [2.24, 2.45) is 5.10 Å². The largest absolute Gasteiger partial charge is 0.464 e. The van der Waals surface area contributed by atoms with Gasteiger partial charge in [-0.15, -0.1) is 0 Å². The zero-order chi connectivity index (χ0) is 19.3. The molecule has 140 valence electrons. The summed E-state index contributed by atoms with van der Waals surface area (Å²) >= 11 is 12.5. The van der Waals surface area contributed by atoms with Crippen molar-refractivity contribution < 1.29 is 9.13 Å². The van der Waals surface area contributed by atoms with Crippen LogP contribution < -0.4 is 4.74 Å². The summed E-state index contributed by atoms with van der Waals surface area (Å²) < 4.78 is 19.6. The highest BCUT2D eigenvalue weighted by molar-refractivity contribution is 6.35. The van der Waals surface area contributed by atoms with Gasteiger partial charge in [0.1, 0.15) is 11.6 Å². The van der Waals surface area contributed by atoms with E-state index >= 15 is 0 Å². The van der Waals surface area contributed by atoms with Crippen LogP contribution >= 0.6 is 23.2 Å². The normalized spacial score (nSPS) is 20.2. The monoisotopic (exact) mass is 412 g/mol. The highest BCUT2D eigenvalue weighted by Crippen LogP contribution is 2.48. The Labute approximate surface area is 172 Å². The zero-order valence-electron chi connectivity index (χ0n) is 14.6. The molecule has 0 aliphatic carbocycles. The second-order valence-electron chi connectivity index (χ2n) is 6.83. The molecule has 0 aromatic heterocycles. The number of nitrogens with zero attached hydrogens (tertiary/aromatic N) is 2. The summed E-state index contributed by atoms with van der Waals surface area (Å²) in [6, 6.07) is 19.7. The summed E-state index contributed by atoms with van der Waals surface area (Å²) in [4.78, 5) is 0. The van der Waals surface area contributed by atoms with Gasteiger partial charge in [-0.1, -0.05) is 59.6 Å². The minimum atomic E-state index is -0.470. The van der Waals surface area contributed by atoms with Crippen LogP contribution in [0.25, 0.3) is 0 Å². The maximum atomic E-state index is 13.3. The van der Waals surface area contributed by atoms with Crippen LogP contribution in [-0.2, 0) is 0 Å². The third-order valence-corrected chi connectivity index (χ3v) is 5.67. The number of halogens is 3. The summed E-state index contributed by atoms with van der Waals surface area (Å²) in [5.74, 6) is 0.551. The van der Waals surface area contributed by atoms with Crippen LogP contribution in [0.2, 0.25) is 10.0 Å². The molecule has 0 bridgehead atoms. The molecular weight excluding hydrogens is 398 g/mol. The molecule has 2 aliphatic heterocycles. The van der Waals surface area contributed by atoms with Crippen molar-refractivity contribution in [1.82, 2.24) is 5.01 Å². The van der Waals surface area contributed by atoms with Crippen LogP contribution in [0.5, 0.6) is 5.75 Å². The van der Waals surface area contributed by atoms with Gasteiger partial charge in [0, 0.05) is 22.6 Å². The van der Waals surface area contributed by atoms with E-state index < -0.39 is 6.23 Å². The van der Waals surface area contributed by atoms with E-state index in [9.17, 15) is 4.39 Å². The standard InChI is InChI=1S/C22H15Cl2FN2O/c23-14-7-10-16(18(24)11-14)22-27-20(17-3-1-2-4-21(17)28-22)12-19(26-27)13-5-8-15(25)9-6-13/h1-11,20,22H,12H2/t20-,22+/m0/s1. The van der Waals surface area contributed by atoms with E-state index in [-0.39, 0.29) is 11.9 Å². The molecule has 0 N–H and O–H groups in total. The Morgan fingerprint density at radius 2 is 1.75 bits per heavy atom. The molecule has 0 saturated carbocycles. The van der Waals surface area contributed by atoms with Crippen molar-refractivity contribution in [3.63, 3.8) is 0 Å². The highest BCUT2D eigenvalue weighted by Gasteiger charge is 2.41. The van der Waals surface area contributed by atoms with Gasteiger partial charge in [0.05, 0.1) is 16.8 Å². The summed E-state index contributed by atoms with van der Waals surface area (Å²) in [5.41, 5.74) is 3.66. The molecular formula is C22H15Cl2FN2O. The van der Waals surface area contributed by atoms with Gasteiger partial charge in [0.2, 0.25) is 6.23 Å². The molecule has 0 spiro atoms. The van der Waals surface area contributed by atoms with Crippen molar-refractivity contribution in [1.29, 1.82) is 0 Å². The number of fused-ring (bicyclic) bond motifs is 3. The third-order valence-electron chi connectivity index (χ3n) is 5.11. The van der Waals surface area contributed by atoms with E-state index in [1.807, 2.05) is 29.3 Å².